The number of ketones is 1. The maximum absolute atomic E-state index is 11.4. The van der Waals surface area contributed by atoms with E-state index in [9.17, 15) is 9.90 Å². The summed E-state index contributed by atoms with van der Waals surface area (Å²) in [4.78, 5) is 11.4. The Bertz CT molecular complexity index is 240. The lowest BCUT2D eigenvalue weighted by atomic mass is 9.78. The van der Waals surface area contributed by atoms with E-state index in [0.29, 0.717) is 32.5 Å². The molecule has 1 saturated carbocycles. The van der Waals surface area contributed by atoms with Gasteiger partial charge in [-0.25, -0.2) is 0 Å². The molecular weight excluding hydrogens is 184 g/mol. The molecule has 0 amide bonds. The molecule has 2 aliphatic rings. The van der Waals surface area contributed by atoms with Crippen LogP contribution in [0.15, 0.2) is 0 Å². The van der Waals surface area contributed by atoms with Gasteiger partial charge in [0.05, 0.1) is 18.8 Å². The number of aliphatic hydroxyl groups is 1. The van der Waals surface area contributed by atoms with Crippen LogP contribution in [0.1, 0.15) is 26.2 Å². The first kappa shape index (κ1) is 10.1. The van der Waals surface area contributed by atoms with E-state index < -0.39 is 5.60 Å². The van der Waals surface area contributed by atoms with Crippen LogP contribution in [0, 0.1) is 0 Å². The maximum Gasteiger partial charge on any atom is 0.138 e. The molecule has 3 atom stereocenters. The fourth-order valence-corrected chi connectivity index (χ4v) is 2.35. The zero-order valence-electron chi connectivity index (χ0n) is 8.36. The highest BCUT2D eigenvalue weighted by atomic mass is 16.5. The van der Waals surface area contributed by atoms with Gasteiger partial charge in [0.15, 0.2) is 0 Å². The van der Waals surface area contributed by atoms with Gasteiger partial charge in [-0.15, -0.1) is 0 Å². The van der Waals surface area contributed by atoms with E-state index in [1.807, 2.05) is 6.92 Å². The zero-order chi connectivity index (χ0) is 10.2. The van der Waals surface area contributed by atoms with Crippen molar-refractivity contribution in [2.75, 3.05) is 13.2 Å². The van der Waals surface area contributed by atoms with Crippen molar-refractivity contribution in [1.82, 2.24) is 0 Å². The number of carbonyl (C=O) groups is 1. The molecule has 1 heterocycles. The third-order valence-electron chi connectivity index (χ3n) is 3.13. The van der Waals surface area contributed by atoms with Gasteiger partial charge < -0.3 is 14.6 Å². The molecule has 0 aromatic rings. The Balaban J connectivity index is 2.16. The minimum absolute atomic E-state index is 0.125. The van der Waals surface area contributed by atoms with Crippen LogP contribution in [-0.2, 0) is 14.3 Å². The van der Waals surface area contributed by atoms with Gasteiger partial charge in [-0.1, -0.05) is 0 Å². The number of hydrogen-bond donors (Lipinski definition) is 1. The van der Waals surface area contributed by atoms with Gasteiger partial charge in [-0.3, -0.25) is 4.79 Å². The van der Waals surface area contributed by atoms with Crippen LogP contribution >= 0.6 is 0 Å². The summed E-state index contributed by atoms with van der Waals surface area (Å²) in [5.41, 5.74) is -0.927. The van der Waals surface area contributed by atoms with Crippen molar-refractivity contribution >= 4 is 5.78 Å². The van der Waals surface area contributed by atoms with Crippen molar-refractivity contribution < 1.29 is 19.4 Å². The molecule has 0 aromatic heterocycles. The number of ether oxygens (including phenoxy) is 2. The topological polar surface area (TPSA) is 55.8 Å². The molecule has 1 saturated heterocycles. The van der Waals surface area contributed by atoms with Gasteiger partial charge in [-0.05, 0) is 6.92 Å². The summed E-state index contributed by atoms with van der Waals surface area (Å²) in [6, 6.07) is 0. The van der Waals surface area contributed by atoms with Gasteiger partial charge >= 0.3 is 0 Å². The molecule has 4 heteroatoms. The molecule has 1 N–H and O–H groups in total. The summed E-state index contributed by atoms with van der Waals surface area (Å²) in [6.45, 7) is 2.91. The number of carbonyl (C=O) groups excluding carboxylic acids is 1. The molecule has 80 valence electrons. The Morgan fingerprint density at radius 2 is 2.43 bits per heavy atom. The van der Waals surface area contributed by atoms with Crippen molar-refractivity contribution in [3.63, 3.8) is 0 Å². The zero-order valence-corrected chi connectivity index (χ0v) is 8.36. The van der Waals surface area contributed by atoms with E-state index in [4.69, 9.17) is 9.47 Å². The smallest absolute Gasteiger partial charge is 0.138 e. The molecule has 0 radical (unpaired) electrons. The predicted molar refractivity (Wildman–Crippen MR) is 49.0 cm³/mol. The number of rotatable bonds is 2. The second kappa shape index (κ2) is 3.61. The van der Waals surface area contributed by atoms with Crippen LogP contribution in [0.25, 0.3) is 0 Å². The molecule has 14 heavy (non-hydrogen) atoms. The van der Waals surface area contributed by atoms with Gasteiger partial charge in [0.2, 0.25) is 0 Å². The van der Waals surface area contributed by atoms with E-state index in [0.717, 1.165) is 0 Å². The van der Waals surface area contributed by atoms with Crippen LogP contribution in [0.5, 0.6) is 0 Å². The minimum Gasteiger partial charge on any atom is -0.384 e. The molecular formula is C10H16O4. The summed E-state index contributed by atoms with van der Waals surface area (Å²) < 4.78 is 10.8. The lowest BCUT2D eigenvalue weighted by molar-refractivity contribution is -0.168. The summed E-state index contributed by atoms with van der Waals surface area (Å²) in [5, 5.41) is 10.3. The second-order valence-corrected chi connectivity index (χ2v) is 3.99. The molecule has 1 aliphatic heterocycles. The van der Waals surface area contributed by atoms with Crippen LogP contribution in [-0.4, -0.2) is 41.9 Å². The Morgan fingerprint density at radius 3 is 3.14 bits per heavy atom. The first-order chi connectivity index (χ1) is 6.66. The van der Waals surface area contributed by atoms with Crippen molar-refractivity contribution in [2.24, 2.45) is 0 Å². The van der Waals surface area contributed by atoms with Gasteiger partial charge in [0, 0.05) is 25.9 Å². The van der Waals surface area contributed by atoms with E-state index in [1.54, 1.807) is 0 Å². The quantitative estimate of drug-likeness (QED) is 0.695. The maximum atomic E-state index is 11.4. The number of fused-ring (bicyclic) bond motifs is 1. The fourth-order valence-electron chi connectivity index (χ4n) is 2.35. The minimum atomic E-state index is -0.927. The van der Waals surface area contributed by atoms with E-state index in [1.165, 1.54) is 0 Å². The molecule has 4 nitrogen and oxygen atoms in total. The molecule has 0 spiro atoms. The third-order valence-corrected chi connectivity index (χ3v) is 3.13. The summed E-state index contributed by atoms with van der Waals surface area (Å²) in [7, 11) is 0. The molecule has 2 rings (SSSR count). The van der Waals surface area contributed by atoms with Gasteiger partial charge in [0.1, 0.15) is 11.4 Å². The Labute approximate surface area is 83.2 Å². The lowest BCUT2D eigenvalue weighted by Crippen LogP contribution is -2.55. The molecule has 0 bridgehead atoms. The van der Waals surface area contributed by atoms with Crippen molar-refractivity contribution in [3.05, 3.63) is 0 Å². The molecule has 0 aromatic carbocycles. The largest absolute Gasteiger partial charge is 0.384 e. The van der Waals surface area contributed by atoms with E-state index >= 15 is 0 Å². The van der Waals surface area contributed by atoms with Crippen molar-refractivity contribution in [1.29, 1.82) is 0 Å². The van der Waals surface area contributed by atoms with Crippen molar-refractivity contribution in [2.45, 2.75) is 44.0 Å². The van der Waals surface area contributed by atoms with Crippen molar-refractivity contribution in [3.8, 4) is 0 Å². The summed E-state index contributed by atoms with van der Waals surface area (Å²) in [6.07, 6.45) is 0.515. The number of hydrogen-bond acceptors (Lipinski definition) is 4. The van der Waals surface area contributed by atoms with Crippen LogP contribution < -0.4 is 0 Å². The van der Waals surface area contributed by atoms with Crippen LogP contribution in [0.4, 0.5) is 0 Å². The van der Waals surface area contributed by atoms with Crippen LogP contribution in [0.3, 0.4) is 0 Å². The predicted octanol–water partition coefficient (Wildman–Crippen LogP) is 0.274. The Hall–Kier alpha value is -0.450. The first-order valence-corrected chi connectivity index (χ1v) is 5.14. The lowest BCUT2D eigenvalue weighted by Gasteiger charge is -2.39. The van der Waals surface area contributed by atoms with Gasteiger partial charge in [0.25, 0.3) is 0 Å². The summed E-state index contributed by atoms with van der Waals surface area (Å²) in [5.74, 6) is 0.125. The average Bonchev–Trinajstić information content (AvgIpc) is 2.49. The van der Waals surface area contributed by atoms with Crippen LogP contribution in [0.2, 0.25) is 0 Å². The first-order valence-electron chi connectivity index (χ1n) is 5.14. The fraction of sp³-hybridized carbons (Fsp3) is 0.900. The molecule has 2 fully saturated rings. The summed E-state index contributed by atoms with van der Waals surface area (Å²) >= 11 is 0. The third kappa shape index (κ3) is 1.47. The van der Waals surface area contributed by atoms with Gasteiger partial charge in [-0.2, -0.15) is 0 Å². The monoisotopic (exact) mass is 200 g/mol. The normalized spacial score (nSPS) is 42.6. The average molecular weight is 200 g/mol. The SMILES string of the molecule is CCO[C@H]1CC(=O)C[C@@H]2OCC[C@]12O. The van der Waals surface area contributed by atoms with E-state index in [-0.39, 0.29) is 18.0 Å². The second-order valence-electron chi connectivity index (χ2n) is 3.99. The Morgan fingerprint density at radius 1 is 1.64 bits per heavy atom. The standard InChI is InChI=1S/C10H16O4/c1-2-13-8-5-7(11)6-9-10(8,12)3-4-14-9/h8-9,12H,2-6H2,1H3/t8-,9-,10-/m0/s1. The Kier molecular flexibility index (Phi) is 2.60. The number of Topliss-reactive ketones (excluding diaryl/α,β-unsaturated/α-hetero) is 1. The highest BCUT2D eigenvalue weighted by Crippen LogP contribution is 2.38. The highest BCUT2D eigenvalue weighted by Gasteiger charge is 2.53. The van der Waals surface area contributed by atoms with E-state index in [2.05, 4.69) is 0 Å². The molecule has 0 unspecified atom stereocenters. The molecule has 1 aliphatic carbocycles. The highest BCUT2D eigenvalue weighted by molar-refractivity contribution is 5.81.